The molecule has 0 atom stereocenters. The quantitative estimate of drug-likeness (QED) is 0.508. The van der Waals surface area contributed by atoms with E-state index >= 15 is 0 Å². The van der Waals surface area contributed by atoms with Crippen LogP contribution < -0.4 is 5.73 Å². The van der Waals surface area contributed by atoms with Gasteiger partial charge >= 0.3 is 0 Å². The lowest BCUT2D eigenvalue weighted by Crippen LogP contribution is -2.12. The molecule has 0 spiro atoms. The summed E-state index contributed by atoms with van der Waals surface area (Å²) in [6, 6.07) is 16.0. The van der Waals surface area contributed by atoms with Crippen LogP contribution in [0.5, 0.6) is 0 Å². The second kappa shape index (κ2) is 5.31. The molecule has 0 aromatic heterocycles. The maximum absolute atomic E-state index is 5.99. The molecule has 3 heteroatoms. The van der Waals surface area contributed by atoms with Crippen molar-refractivity contribution in [3.8, 4) is 0 Å². The smallest absolute Gasteiger partial charge is 0.131 e. The van der Waals surface area contributed by atoms with Crippen LogP contribution in [-0.2, 0) is 0 Å². The van der Waals surface area contributed by atoms with Crippen molar-refractivity contribution in [2.75, 3.05) is 0 Å². The monoisotopic (exact) mass is 336 g/mol. The van der Waals surface area contributed by atoms with E-state index in [2.05, 4.69) is 34.5 Å². The third kappa shape index (κ3) is 3.06. The molecule has 0 radical (unpaired) electrons. The van der Waals surface area contributed by atoms with Gasteiger partial charge in [0.05, 0.1) is 5.69 Å². The molecule has 0 aliphatic carbocycles. The van der Waals surface area contributed by atoms with Crippen LogP contribution in [0.15, 0.2) is 53.5 Å². The van der Waals surface area contributed by atoms with Crippen LogP contribution in [0, 0.1) is 10.5 Å². The van der Waals surface area contributed by atoms with Crippen LogP contribution in [0.25, 0.3) is 0 Å². The number of amidine groups is 1. The minimum atomic E-state index is 0.550. The Bertz CT molecular complexity index is 544. The van der Waals surface area contributed by atoms with Gasteiger partial charge in [0.2, 0.25) is 0 Å². The van der Waals surface area contributed by atoms with Crippen molar-refractivity contribution in [1.29, 1.82) is 0 Å². The summed E-state index contributed by atoms with van der Waals surface area (Å²) in [6.45, 7) is 2.05. The van der Waals surface area contributed by atoms with E-state index in [1.807, 2.05) is 48.5 Å². The van der Waals surface area contributed by atoms with Gasteiger partial charge in [-0.05, 0) is 41.6 Å². The van der Waals surface area contributed by atoms with Crippen molar-refractivity contribution in [3.05, 3.63) is 63.2 Å². The van der Waals surface area contributed by atoms with Gasteiger partial charge in [0.15, 0.2) is 0 Å². The highest BCUT2D eigenvalue weighted by Gasteiger charge is 2.00. The van der Waals surface area contributed by atoms with Gasteiger partial charge in [-0.15, -0.1) is 0 Å². The largest absolute Gasteiger partial charge is 0.383 e. The lowest BCUT2D eigenvalue weighted by Gasteiger charge is -2.03. The summed E-state index contributed by atoms with van der Waals surface area (Å²) in [4.78, 5) is 4.45. The van der Waals surface area contributed by atoms with Crippen molar-refractivity contribution in [3.63, 3.8) is 0 Å². The van der Waals surface area contributed by atoms with Gasteiger partial charge in [-0.2, -0.15) is 0 Å². The van der Waals surface area contributed by atoms with Crippen LogP contribution in [0.4, 0.5) is 5.69 Å². The molecular weight excluding hydrogens is 323 g/mol. The number of benzene rings is 2. The topological polar surface area (TPSA) is 38.4 Å². The van der Waals surface area contributed by atoms with Crippen LogP contribution in [0.1, 0.15) is 11.1 Å². The summed E-state index contributed by atoms with van der Waals surface area (Å²) in [7, 11) is 0. The average Bonchev–Trinajstić information content (AvgIpc) is 2.33. The van der Waals surface area contributed by atoms with Crippen molar-refractivity contribution in [2.24, 2.45) is 10.7 Å². The molecule has 86 valence electrons. The normalized spacial score (nSPS) is 11.5. The molecule has 0 saturated heterocycles. The number of rotatable bonds is 2. The molecule has 0 amide bonds. The first kappa shape index (κ1) is 12.1. The number of aliphatic imine (C=N–C) groups is 1. The zero-order valence-corrected chi connectivity index (χ0v) is 11.7. The molecule has 2 aromatic rings. The Kier molecular flexibility index (Phi) is 3.78. The first-order valence-electron chi connectivity index (χ1n) is 5.32. The Morgan fingerprint density at radius 1 is 1.06 bits per heavy atom. The number of nitrogens with zero attached hydrogens (tertiary/aromatic N) is 1. The summed E-state index contributed by atoms with van der Waals surface area (Å²) in [5.41, 5.74) is 9.07. The number of nitrogens with two attached hydrogens (primary N) is 1. The van der Waals surface area contributed by atoms with Gasteiger partial charge in [0, 0.05) is 9.13 Å². The van der Waals surface area contributed by atoms with Crippen molar-refractivity contribution >= 4 is 34.1 Å². The van der Waals surface area contributed by atoms with Crippen LogP contribution in [0.2, 0.25) is 0 Å². The first-order valence-corrected chi connectivity index (χ1v) is 6.40. The van der Waals surface area contributed by atoms with Gasteiger partial charge in [-0.3, -0.25) is 0 Å². The van der Waals surface area contributed by atoms with E-state index in [-0.39, 0.29) is 0 Å². The second-order valence-electron chi connectivity index (χ2n) is 3.81. The maximum Gasteiger partial charge on any atom is 0.131 e. The molecule has 0 aliphatic rings. The summed E-state index contributed by atoms with van der Waals surface area (Å²) >= 11 is 2.26. The van der Waals surface area contributed by atoms with Crippen molar-refractivity contribution < 1.29 is 0 Å². The number of halogens is 1. The standard InChI is InChI=1S/C14H13IN2/c1-10-6-8-11(9-7-10)14(16)17-13-5-3-2-4-12(13)15/h2-9H,1H3,(H2,16,17). The van der Waals surface area contributed by atoms with Gasteiger partial charge in [-0.25, -0.2) is 4.99 Å². The van der Waals surface area contributed by atoms with Crippen molar-refractivity contribution in [2.45, 2.75) is 6.92 Å². The number of aryl methyl sites for hydroxylation is 1. The molecule has 17 heavy (non-hydrogen) atoms. The fraction of sp³-hybridized carbons (Fsp3) is 0.0714. The molecule has 2 N–H and O–H groups in total. The van der Waals surface area contributed by atoms with Gasteiger partial charge in [0.1, 0.15) is 5.84 Å². The lowest BCUT2D eigenvalue weighted by atomic mass is 10.1. The highest BCUT2D eigenvalue weighted by atomic mass is 127. The van der Waals surface area contributed by atoms with E-state index in [1.165, 1.54) is 5.56 Å². The molecule has 2 nitrogen and oxygen atoms in total. The van der Waals surface area contributed by atoms with E-state index in [0.29, 0.717) is 5.84 Å². The highest BCUT2D eigenvalue weighted by molar-refractivity contribution is 14.1. The third-order valence-electron chi connectivity index (χ3n) is 2.44. The van der Waals surface area contributed by atoms with E-state index in [9.17, 15) is 0 Å². The molecular formula is C14H13IN2. The molecule has 0 saturated carbocycles. The van der Waals surface area contributed by atoms with E-state index < -0.39 is 0 Å². The number of hydrogen-bond acceptors (Lipinski definition) is 1. The minimum absolute atomic E-state index is 0.550. The van der Waals surface area contributed by atoms with Gasteiger partial charge in [0.25, 0.3) is 0 Å². The Hall–Kier alpha value is -1.36. The van der Waals surface area contributed by atoms with E-state index in [0.717, 1.165) is 14.8 Å². The molecule has 0 fully saturated rings. The fourth-order valence-corrected chi connectivity index (χ4v) is 1.97. The summed E-state index contributed by atoms with van der Waals surface area (Å²) < 4.78 is 1.10. The predicted octanol–water partition coefficient (Wildman–Crippen LogP) is 3.64. The zero-order chi connectivity index (χ0) is 12.3. The number of para-hydroxylation sites is 1. The minimum Gasteiger partial charge on any atom is -0.383 e. The maximum atomic E-state index is 5.99. The first-order chi connectivity index (χ1) is 8.16. The number of hydrogen-bond donors (Lipinski definition) is 1. The fourth-order valence-electron chi connectivity index (χ4n) is 1.46. The Morgan fingerprint density at radius 2 is 1.71 bits per heavy atom. The van der Waals surface area contributed by atoms with Crippen molar-refractivity contribution in [1.82, 2.24) is 0 Å². The molecule has 0 bridgehead atoms. The molecule has 0 heterocycles. The van der Waals surface area contributed by atoms with Crippen LogP contribution >= 0.6 is 22.6 Å². The molecule has 0 aliphatic heterocycles. The van der Waals surface area contributed by atoms with Crippen LogP contribution in [-0.4, -0.2) is 5.84 Å². The third-order valence-corrected chi connectivity index (χ3v) is 3.35. The van der Waals surface area contributed by atoms with Gasteiger partial charge < -0.3 is 5.73 Å². The molecule has 0 unspecified atom stereocenters. The Balaban J connectivity index is 2.34. The van der Waals surface area contributed by atoms with Crippen LogP contribution in [0.3, 0.4) is 0 Å². The second-order valence-corrected chi connectivity index (χ2v) is 4.98. The molecule has 2 rings (SSSR count). The average molecular weight is 336 g/mol. The predicted molar refractivity (Wildman–Crippen MR) is 80.7 cm³/mol. The SMILES string of the molecule is Cc1ccc(C(N)=Nc2ccccc2I)cc1. The van der Waals surface area contributed by atoms with E-state index in [4.69, 9.17) is 5.73 Å². The van der Waals surface area contributed by atoms with Gasteiger partial charge in [-0.1, -0.05) is 42.0 Å². The summed E-state index contributed by atoms with van der Waals surface area (Å²) in [5, 5.41) is 0. The molecule has 2 aromatic carbocycles. The Labute approximate surface area is 115 Å². The van der Waals surface area contributed by atoms with E-state index in [1.54, 1.807) is 0 Å². The summed E-state index contributed by atoms with van der Waals surface area (Å²) in [6.07, 6.45) is 0. The highest BCUT2D eigenvalue weighted by Crippen LogP contribution is 2.20. The summed E-state index contributed by atoms with van der Waals surface area (Å²) in [5.74, 6) is 0.550. The lowest BCUT2D eigenvalue weighted by molar-refractivity contribution is 1.41. The Morgan fingerprint density at radius 3 is 2.35 bits per heavy atom. The zero-order valence-electron chi connectivity index (χ0n) is 9.52.